The summed E-state index contributed by atoms with van der Waals surface area (Å²) in [5.74, 6) is -0.480. The molecule has 0 spiro atoms. The van der Waals surface area contributed by atoms with Gasteiger partial charge in [-0.1, -0.05) is 35.3 Å². The Kier molecular flexibility index (Phi) is 11.1. The third kappa shape index (κ3) is 9.34. The highest BCUT2D eigenvalue weighted by atomic mass is 35.5. The van der Waals surface area contributed by atoms with Crippen molar-refractivity contribution in [1.82, 2.24) is 4.57 Å². The lowest BCUT2D eigenvalue weighted by Gasteiger charge is -2.26. The second-order valence-electron chi connectivity index (χ2n) is 12.8. The van der Waals surface area contributed by atoms with Crippen LogP contribution in [0.25, 0.3) is 10.9 Å². The summed E-state index contributed by atoms with van der Waals surface area (Å²) in [6, 6.07) is 10.5. The number of amides is 1. The number of carbonyl (C=O) groups excluding carboxylic acids is 2. The maximum atomic E-state index is 13.6. The Balaban J connectivity index is 1.46. The van der Waals surface area contributed by atoms with Crippen LogP contribution in [0.1, 0.15) is 50.8 Å². The van der Waals surface area contributed by atoms with E-state index in [0.717, 1.165) is 19.1 Å². The number of rotatable bonds is 13. The fourth-order valence-electron chi connectivity index (χ4n) is 5.18. The van der Waals surface area contributed by atoms with E-state index in [1.54, 1.807) is 45.2 Å². The first-order chi connectivity index (χ1) is 23.5. The number of carbonyl (C=O) groups is 2. The van der Waals surface area contributed by atoms with E-state index in [0.29, 0.717) is 38.9 Å². The summed E-state index contributed by atoms with van der Waals surface area (Å²) in [4.78, 5) is 29.5. The first kappa shape index (κ1) is 37.1. The van der Waals surface area contributed by atoms with Crippen molar-refractivity contribution in [2.45, 2.75) is 64.9 Å². The van der Waals surface area contributed by atoms with Crippen LogP contribution in [0.5, 0.6) is 11.5 Å². The monoisotopic (exact) mass is 754 g/mol. The molecule has 1 fully saturated rings. The molecule has 1 saturated carbocycles. The molecule has 16 heteroatoms. The second-order valence-corrected chi connectivity index (χ2v) is 15.5. The Morgan fingerprint density at radius 1 is 1.06 bits per heavy atom. The highest BCUT2D eigenvalue weighted by Crippen LogP contribution is 2.38. The van der Waals surface area contributed by atoms with Crippen LogP contribution in [0.4, 0.5) is 19.3 Å². The number of fused-ring (bicyclic) bond motifs is 1. The number of ether oxygens (including phenoxy) is 4. The maximum Gasteiger partial charge on any atom is 0.428 e. The average Bonchev–Trinajstić information content (AvgIpc) is 3.75. The molecule has 50 heavy (non-hydrogen) atoms. The van der Waals surface area contributed by atoms with Crippen LogP contribution < -0.4 is 18.8 Å². The van der Waals surface area contributed by atoms with Gasteiger partial charge in [-0.05, 0) is 75.4 Å². The molecule has 2 aromatic heterocycles. The molecule has 11 nitrogen and oxygen atoms in total. The van der Waals surface area contributed by atoms with E-state index >= 15 is 0 Å². The van der Waals surface area contributed by atoms with Gasteiger partial charge in [-0.25, -0.2) is 18.2 Å². The minimum absolute atomic E-state index is 0.0188. The zero-order valence-corrected chi connectivity index (χ0v) is 29.9. The maximum absolute atomic E-state index is 13.6. The third-order valence-corrected chi connectivity index (χ3v) is 9.27. The summed E-state index contributed by atoms with van der Waals surface area (Å²) in [5, 5.41) is 0.927. The van der Waals surface area contributed by atoms with Gasteiger partial charge in [0.25, 0.3) is 0 Å². The smallest absolute Gasteiger partial charge is 0.428 e. The van der Waals surface area contributed by atoms with Crippen molar-refractivity contribution in [1.29, 1.82) is 0 Å². The van der Waals surface area contributed by atoms with Gasteiger partial charge in [-0.15, -0.1) is 0 Å². The van der Waals surface area contributed by atoms with Crippen molar-refractivity contribution in [2.24, 2.45) is 5.92 Å². The Morgan fingerprint density at radius 3 is 2.38 bits per heavy atom. The van der Waals surface area contributed by atoms with Gasteiger partial charge in [-0.3, -0.25) is 4.79 Å². The molecule has 1 N–H and O–H groups in total. The van der Waals surface area contributed by atoms with Gasteiger partial charge in [0.05, 0.1) is 24.1 Å². The normalized spacial score (nSPS) is 14.0. The molecule has 4 aromatic rings. The number of H-pyrrole nitrogens is 1. The quantitative estimate of drug-likeness (QED) is 0.129. The van der Waals surface area contributed by atoms with Crippen molar-refractivity contribution >= 4 is 61.9 Å². The van der Waals surface area contributed by atoms with Gasteiger partial charge in [0, 0.05) is 23.6 Å². The number of nitrogens with one attached hydrogen (secondary N) is 1. The van der Waals surface area contributed by atoms with Gasteiger partial charge in [0.2, 0.25) is 10.0 Å². The highest BCUT2D eigenvalue weighted by Gasteiger charge is 2.32. The van der Waals surface area contributed by atoms with E-state index in [9.17, 15) is 26.8 Å². The molecule has 0 radical (unpaired) electrons. The van der Waals surface area contributed by atoms with Crippen LogP contribution in [0.15, 0.2) is 61.1 Å². The van der Waals surface area contributed by atoms with Crippen molar-refractivity contribution in [3.8, 4) is 11.5 Å². The highest BCUT2D eigenvalue weighted by molar-refractivity contribution is 7.92. The van der Waals surface area contributed by atoms with E-state index in [1.165, 1.54) is 41.2 Å². The largest absolute Gasteiger partial charge is 0.489 e. The van der Waals surface area contributed by atoms with Crippen LogP contribution in [0.3, 0.4) is 0 Å². The number of hydrogen-bond donors (Lipinski definition) is 0. The molecule has 5 rings (SSSR count). The van der Waals surface area contributed by atoms with Crippen LogP contribution in [-0.4, -0.2) is 50.1 Å². The zero-order chi connectivity index (χ0) is 36.4. The lowest BCUT2D eigenvalue weighted by atomic mass is 10.0. The minimum atomic E-state index is -4.12. The number of esters is 1. The Bertz CT molecular complexity index is 1980. The molecule has 1 amide bonds. The SMILES string of the molecule is CC(C)(C)OC(=O)N(c1cccc2c1ccn2CC(=O)O[C@@H](Cc1c(Cl)c[nH+]cc1Cl)c1ccc(OC(F)F)c(OCC2CC2)c1)S(C)(=O)=O. The summed E-state index contributed by atoms with van der Waals surface area (Å²) in [7, 11) is -4.12. The lowest BCUT2D eigenvalue weighted by molar-refractivity contribution is -0.377. The molecule has 0 aliphatic heterocycles. The van der Waals surface area contributed by atoms with E-state index in [4.69, 9.17) is 37.4 Å². The Hall–Kier alpha value is -4.14. The minimum Gasteiger partial charge on any atom is -0.489 e. The van der Waals surface area contributed by atoms with Crippen molar-refractivity contribution < 1.29 is 50.7 Å². The first-order valence-electron chi connectivity index (χ1n) is 15.6. The van der Waals surface area contributed by atoms with Crippen molar-refractivity contribution in [3.05, 3.63) is 82.2 Å². The number of sulfonamides is 1. The fourth-order valence-corrected chi connectivity index (χ4v) is 6.54. The lowest BCUT2D eigenvalue weighted by Crippen LogP contribution is -2.40. The van der Waals surface area contributed by atoms with Crippen molar-refractivity contribution in [3.63, 3.8) is 0 Å². The van der Waals surface area contributed by atoms with Crippen LogP contribution in [-0.2, 0) is 37.3 Å². The molecular weight excluding hydrogens is 719 g/mol. The molecule has 1 aliphatic rings. The number of aromatic nitrogens is 2. The zero-order valence-electron chi connectivity index (χ0n) is 27.6. The molecule has 0 bridgehead atoms. The second kappa shape index (κ2) is 15.0. The summed E-state index contributed by atoms with van der Waals surface area (Å²) in [6.45, 7) is 1.76. The van der Waals surface area contributed by atoms with Gasteiger partial charge < -0.3 is 23.5 Å². The molecule has 1 atom stereocenters. The van der Waals surface area contributed by atoms with E-state index in [2.05, 4.69) is 9.72 Å². The molecule has 268 valence electrons. The molecule has 2 heterocycles. The van der Waals surface area contributed by atoms with Gasteiger partial charge in [-0.2, -0.15) is 13.1 Å². The number of hydrogen-bond acceptors (Lipinski definition) is 8. The number of anilines is 1. The van der Waals surface area contributed by atoms with Gasteiger partial charge >= 0.3 is 18.7 Å². The number of benzene rings is 2. The number of alkyl halides is 2. The predicted octanol–water partition coefficient (Wildman–Crippen LogP) is 7.38. The molecule has 0 unspecified atom stereocenters. The summed E-state index contributed by atoms with van der Waals surface area (Å²) < 4.78 is 76.0. The third-order valence-electron chi connectivity index (χ3n) is 7.59. The number of halogens is 4. The molecule has 0 saturated heterocycles. The Labute approximate surface area is 298 Å². The first-order valence-corrected chi connectivity index (χ1v) is 18.2. The van der Waals surface area contributed by atoms with Gasteiger partial charge in [0.15, 0.2) is 23.9 Å². The molecule has 1 aliphatic carbocycles. The van der Waals surface area contributed by atoms with Crippen molar-refractivity contribution in [2.75, 3.05) is 17.2 Å². The van der Waals surface area contributed by atoms with E-state index < -0.39 is 40.4 Å². The van der Waals surface area contributed by atoms with Crippen LogP contribution in [0, 0.1) is 5.92 Å². The summed E-state index contributed by atoms with van der Waals surface area (Å²) in [6.07, 6.45) is 5.36. The average molecular weight is 756 g/mol. The van der Waals surface area contributed by atoms with Gasteiger partial charge in [0.1, 0.15) is 28.3 Å². The summed E-state index contributed by atoms with van der Waals surface area (Å²) >= 11 is 12.9. The Morgan fingerprint density at radius 2 is 1.76 bits per heavy atom. The summed E-state index contributed by atoms with van der Waals surface area (Å²) in [5.41, 5.74) is 0.387. The van der Waals surface area contributed by atoms with Crippen LogP contribution >= 0.6 is 23.2 Å². The number of nitrogens with zero attached hydrogens (tertiary/aromatic N) is 2. The molecule has 2 aromatic carbocycles. The standard InChI is InChI=1S/C34H35Cl2F2N3O8S/c1-34(2,3)49-33(43)41(50(4,44)45)27-7-5-6-26-22(27)12-13-40(26)18-31(42)47-29(15-23-24(35)16-39-17-25(23)36)21-10-11-28(48-32(37)38)30(14-21)46-19-20-8-9-20/h5-7,10-14,16-17,20,29,32H,8-9,15,18-19H2,1-4H3/p+1/t29-/m0/s1. The predicted molar refractivity (Wildman–Crippen MR) is 182 cm³/mol. The van der Waals surface area contributed by atoms with E-state index in [1.807, 2.05) is 0 Å². The number of pyridine rings is 1. The topological polar surface area (TPSA) is 128 Å². The van der Waals surface area contributed by atoms with E-state index in [-0.39, 0.29) is 40.2 Å². The number of aromatic amines is 1. The molecular formula is C34H36Cl2F2N3O8S+. The van der Waals surface area contributed by atoms with Crippen LogP contribution in [0.2, 0.25) is 10.0 Å². The fraction of sp³-hybridized carbons (Fsp3) is 0.382.